The molecule has 1 rings (SSSR count). The Bertz CT molecular complexity index is 400. The minimum atomic E-state index is -2.88. The molecule has 0 unspecified atom stereocenters. The van der Waals surface area contributed by atoms with Crippen LogP contribution in [0.2, 0.25) is 5.02 Å². The van der Waals surface area contributed by atoms with E-state index in [4.69, 9.17) is 11.6 Å². The van der Waals surface area contributed by atoms with Crippen LogP contribution in [-0.2, 0) is 4.74 Å². The molecule has 0 N–H and O–H groups in total. The molecule has 0 aromatic carbocycles. The van der Waals surface area contributed by atoms with E-state index in [1.165, 1.54) is 0 Å². The highest BCUT2D eigenvalue weighted by atomic mass is 79.9. The number of rotatable bonds is 2. The molecule has 15 heavy (non-hydrogen) atoms. The Morgan fingerprint density at radius 2 is 2.27 bits per heavy atom. The van der Waals surface area contributed by atoms with E-state index in [1.54, 1.807) is 0 Å². The number of ether oxygens (including phenoxy) is 1. The molecule has 0 amide bonds. The average Bonchev–Trinajstić information content (AvgIpc) is 2.20. The summed E-state index contributed by atoms with van der Waals surface area (Å²) in [4.78, 5) is 14.6. The van der Waals surface area contributed by atoms with Crippen molar-refractivity contribution >= 4 is 33.5 Å². The molecule has 0 fully saturated rings. The van der Waals surface area contributed by atoms with Gasteiger partial charge in [-0.2, -0.15) is 0 Å². The van der Waals surface area contributed by atoms with Crippen molar-refractivity contribution < 1.29 is 18.3 Å². The lowest BCUT2D eigenvalue weighted by Crippen LogP contribution is -2.09. The fourth-order valence-electron chi connectivity index (χ4n) is 0.941. The Labute approximate surface area is 97.5 Å². The van der Waals surface area contributed by atoms with E-state index in [0.29, 0.717) is 0 Å². The summed E-state index contributed by atoms with van der Waals surface area (Å²) in [6, 6.07) is 0. The topological polar surface area (TPSA) is 39.2 Å². The van der Waals surface area contributed by atoms with Crippen molar-refractivity contribution in [2.24, 2.45) is 0 Å². The SMILES string of the molecule is COC(=O)c1c(C(F)F)ncc(Br)c1Cl. The van der Waals surface area contributed by atoms with Crippen LogP contribution in [0, 0.1) is 0 Å². The van der Waals surface area contributed by atoms with Crippen molar-refractivity contribution in [3.05, 3.63) is 26.9 Å². The zero-order valence-corrected chi connectivity index (χ0v) is 9.77. The van der Waals surface area contributed by atoms with Crippen molar-refractivity contribution in [1.82, 2.24) is 4.98 Å². The van der Waals surface area contributed by atoms with Gasteiger partial charge in [0.1, 0.15) is 11.3 Å². The standard InChI is InChI=1S/C8H5BrClF2NO2/c1-15-8(14)4-5(10)3(9)2-13-6(4)7(11)12/h2,7H,1H3. The van der Waals surface area contributed by atoms with Gasteiger partial charge in [-0.25, -0.2) is 13.6 Å². The lowest BCUT2D eigenvalue weighted by atomic mass is 10.2. The van der Waals surface area contributed by atoms with Crippen LogP contribution in [0.4, 0.5) is 8.78 Å². The van der Waals surface area contributed by atoms with E-state index in [9.17, 15) is 13.6 Å². The number of nitrogens with zero attached hydrogens (tertiary/aromatic N) is 1. The second-order valence-electron chi connectivity index (χ2n) is 2.47. The number of pyridine rings is 1. The van der Waals surface area contributed by atoms with Crippen molar-refractivity contribution in [2.45, 2.75) is 6.43 Å². The summed E-state index contributed by atoms with van der Waals surface area (Å²) in [6.45, 7) is 0. The molecule has 0 bridgehead atoms. The fraction of sp³-hybridized carbons (Fsp3) is 0.250. The summed E-state index contributed by atoms with van der Waals surface area (Å²) in [7, 11) is 1.08. The number of esters is 1. The third-order valence-electron chi connectivity index (χ3n) is 1.60. The molecule has 1 heterocycles. The zero-order valence-electron chi connectivity index (χ0n) is 7.43. The van der Waals surface area contributed by atoms with Crippen molar-refractivity contribution in [3.63, 3.8) is 0 Å². The number of aromatic nitrogens is 1. The van der Waals surface area contributed by atoms with Gasteiger partial charge in [-0.05, 0) is 15.9 Å². The van der Waals surface area contributed by atoms with Crippen LogP contribution in [0.1, 0.15) is 22.5 Å². The van der Waals surface area contributed by atoms with E-state index in [2.05, 4.69) is 25.7 Å². The molecular formula is C8H5BrClF2NO2. The van der Waals surface area contributed by atoms with Gasteiger partial charge in [-0.3, -0.25) is 4.98 Å². The maximum Gasteiger partial charge on any atom is 0.341 e. The van der Waals surface area contributed by atoms with Gasteiger partial charge in [0.25, 0.3) is 6.43 Å². The summed E-state index contributed by atoms with van der Waals surface area (Å²) < 4.78 is 29.6. The smallest absolute Gasteiger partial charge is 0.341 e. The van der Waals surface area contributed by atoms with E-state index in [0.717, 1.165) is 13.3 Å². The van der Waals surface area contributed by atoms with Gasteiger partial charge in [-0.1, -0.05) is 11.6 Å². The number of alkyl halides is 2. The quantitative estimate of drug-likeness (QED) is 0.787. The molecule has 1 aromatic heterocycles. The van der Waals surface area contributed by atoms with Gasteiger partial charge >= 0.3 is 5.97 Å². The first-order valence-electron chi connectivity index (χ1n) is 3.69. The maximum atomic E-state index is 12.5. The Hall–Kier alpha value is -0.750. The third-order valence-corrected chi connectivity index (χ3v) is 2.82. The van der Waals surface area contributed by atoms with Gasteiger partial charge in [0.15, 0.2) is 0 Å². The Morgan fingerprint density at radius 3 is 2.73 bits per heavy atom. The van der Waals surface area contributed by atoms with Gasteiger partial charge in [0.05, 0.1) is 16.6 Å². The lowest BCUT2D eigenvalue weighted by molar-refractivity contribution is 0.0587. The molecule has 7 heteroatoms. The highest BCUT2D eigenvalue weighted by Crippen LogP contribution is 2.32. The molecule has 1 aromatic rings. The Morgan fingerprint density at radius 1 is 1.67 bits per heavy atom. The zero-order chi connectivity index (χ0) is 11.6. The highest BCUT2D eigenvalue weighted by molar-refractivity contribution is 9.10. The van der Waals surface area contributed by atoms with Gasteiger partial charge < -0.3 is 4.74 Å². The number of methoxy groups -OCH3 is 1. The molecule has 82 valence electrons. The van der Waals surface area contributed by atoms with Gasteiger partial charge in [0, 0.05) is 6.20 Å². The average molecular weight is 300 g/mol. The van der Waals surface area contributed by atoms with Crippen LogP contribution in [0.25, 0.3) is 0 Å². The first kappa shape index (κ1) is 12.3. The maximum absolute atomic E-state index is 12.5. The van der Waals surface area contributed by atoms with Crippen LogP contribution in [-0.4, -0.2) is 18.1 Å². The van der Waals surface area contributed by atoms with E-state index in [-0.39, 0.29) is 9.50 Å². The molecule has 0 atom stereocenters. The number of halogens is 4. The summed E-state index contributed by atoms with van der Waals surface area (Å²) in [5.41, 5.74) is -1.10. The van der Waals surface area contributed by atoms with Crippen molar-refractivity contribution in [3.8, 4) is 0 Å². The molecular weight excluding hydrogens is 295 g/mol. The Balaban J connectivity index is 3.41. The van der Waals surface area contributed by atoms with Crippen molar-refractivity contribution in [1.29, 1.82) is 0 Å². The number of hydrogen-bond donors (Lipinski definition) is 0. The van der Waals surface area contributed by atoms with E-state index >= 15 is 0 Å². The molecule has 3 nitrogen and oxygen atoms in total. The summed E-state index contributed by atoms with van der Waals surface area (Å²) >= 11 is 8.67. The van der Waals surface area contributed by atoms with Crippen LogP contribution >= 0.6 is 27.5 Å². The molecule has 0 aliphatic heterocycles. The Kier molecular flexibility index (Phi) is 3.98. The molecule has 0 spiro atoms. The molecule has 0 aliphatic rings. The number of hydrogen-bond acceptors (Lipinski definition) is 3. The first-order chi connectivity index (χ1) is 6.99. The molecule has 0 saturated carbocycles. The van der Waals surface area contributed by atoms with Crippen LogP contribution in [0.3, 0.4) is 0 Å². The molecule has 0 saturated heterocycles. The van der Waals surface area contributed by atoms with E-state index in [1.807, 2.05) is 0 Å². The van der Waals surface area contributed by atoms with Crippen LogP contribution in [0.5, 0.6) is 0 Å². The minimum Gasteiger partial charge on any atom is -0.465 e. The second-order valence-corrected chi connectivity index (χ2v) is 3.70. The predicted octanol–water partition coefficient (Wildman–Crippen LogP) is 3.22. The van der Waals surface area contributed by atoms with Crippen LogP contribution < -0.4 is 0 Å². The monoisotopic (exact) mass is 299 g/mol. The van der Waals surface area contributed by atoms with Crippen LogP contribution in [0.15, 0.2) is 10.7 Å². The fourth-order valence-corrected chi connectivity index (χ4v) is 1.46. The minimum absolute atomic E-state index is 0.132. The summed E-state index contributed by atoms with van der Waals surface area (Å²) in [5.74, 6) is -0.941. The van der Waals surface area contributed by atoms with Gasteiger partial charge in [-0.15, -0.1) is 0 Å². The lowest BCUT2D eigenvalue weighted by Gasteiger charge is -2.08. The number of carbonyl (C=O) groups excluding carboxylic acids is 1. The van der Waals surface area contributed by atoms with Crippen molar-refractivity contribution in [2.75, 3.05) is 7.11 Å². The normalized spacial score (nSPS) is 10.5. The highest BCUT2D eigenvalue weighted by Gasteiger charge is 2.25. The summed E-state index contributed by atoms with van der Waals surface area (Å²) in [6.07, 6.45) is -1.78. The third kappa shape index (κ3) is 2.43. The van der Waals surface area contributed by atoms with E-state index < -0.39 is 23.7 Å². The van der Waals surface area contributed by atoms with Gasteiger partial charge in [0.2, 0.25) is 0 Å². The molecule has 0 aliphatic carbocycles. The number of carbonyl (C=O) groups is 1. The first-order valence-corrected chi connectivity index (χ1v) is 4.86. The predicted molar refractivity (Wildman–Crippen MR) is 53.2 cm³/mol. The molecule has 0 radical (unpaired) electrons. The second kappa shape index (κ2) is 4.85. The summed E-state index contributed by atoms with van der Waals surface area (Å²) in [5, 5.41) is -0.132. The largest absolute Gasteiger partial charge is 0.465 e.